The van der Waals surface area contributed by atoms with Gasteiger partial charge < -0.3 is 0 Å². The summed E-state index contributed by atoms with van der Waals surface area (Å²) < 4.78 is 25.6. The van der Waals surface area contributed by atoms with Crippen molar-refractivity contribution in [2.45, 2.75) is 17.7 Å². The first-order chi connectivity index (χ1) is 8.52. The molecule has 0 aliphatic heterocycles. The van der Waals surface area contributed by atoms with Gasteiger partial charge in [-0.3, -0.25) is 0 Å². The van der Waals surface area contributed by atoms with E-state index in [4.69, 9.17) is 5.26 Å². The summed E-state index contributed by atoms with van der Waals surface area (Å²) in [7, 11) is -1.84. The van der Waals surface area contributed by atoms with Gasteiger partial charge in [-0.1, -0.05) is 28.1 Å². The fraction of sp³-hybridized carbons (Fsp3) is 0.417. The minimum absolute atomic E-state index is 0.265. The van der Waals surface area contributed by atoms with E-state index in [-0.39, 0.29) is 4.90 Å². The molecule has 1 aromatic carbocycles. The first kappa shape index (κ1) is 15.2. The normalized spacial score (nSPS) is 11.4. The van der Waals surface area contributed by atoms with Gasteiger partial charge in [-0.15, -0.1) is 0 Å². The summed E-state index contributed by atoms with van der Waals surface area (Å²) in [5.74, 6) is 0. The molecule has 6 heteroatoms. The Morgan fingerprint density at radius 3 is 2.44 bits per heavy atom. The molecule has 0 heterocycles. The standard InChI is InChI=1S/C12H15BrN2O2S/c1-15(10-2-8-13)18(16,17)12-5-3-11(4-6-12)7-9-14/h3-6H,2,7-8,10H2,1H3. The monoisotopic (exact) mass is 330 g/mol. The molecule has 0 radical (unpaired) electrons. The van der Waals surface area contributed by atoms with E-state index >= 15 is 0 Å². The Morgan fingerprint density at radius 1 is 1.33 bits per heavy atom. The Hall–Kier alpha value is -0.900. The Balaban J connectivity index is 2.88. The average molecular weight is 331 g/mol. The van der Waals surface area contributed by atoms with Gasteiger partial charge in [0.1, 0.15) is 0 Å². The molecule has 98 valence electrons. The predicted octanol–water partition coefficient (Wildman–Crippen LogP) is 2.16. The molecule has 1 aromatic rings. The maximum atomic E-state index is 12.2. The van der Waals surface area contributed by atoms with Crippen LogP contribution >= 0.6 is 15.9 Å². The second-order valence-corrected chi connectivity index (χ2v) is 6.69. The maximum Gasteiger partial charge on any atom is 0.242 e. The lowest BCUT2D eigenvalue weighted by atomic mass is 10.2. The molecular formula is C12H15BrN2O2S. The minimum Gasteiger partial charge on any atom is -0.207 e. The van der Waals surface area contributed by atoms with Crippen LogP contribution in [0.3, 0.4) is 0 Å². The van der Waals surface area contributed by atoms with Crippen molar-refractivity contribution in [1.82, 2.24) is 4.31 Å². The van der Waals surface area contributed by atoms with Crippen molar-refractivity contribution in [3.63, 3.8) is 0 Å². The van der Waals surface area contributed by atoms with E-state index in [1.54, 1.807) is 31.3 Å². The fourth-order valence-electron chi connectivity index (χ4n) is 1.45. The highest BCUT2D eigenvalue weighted by atomic mass is 79.9. The Morgan fingerprint density at radius 2 is 1.94 bits per heavy atom. The van der Waals surface area contributed by atoms with Crippen molar-refractivity contribution in [2.75, 3.05) is 18.9 Å². The topological polar surface area (TPSA) is 61.2 Å². The van der Waals surface area contributed by atoms with Gasteiger partial charge in [0.15, 0.2) is 0 Å². The lowest BCUT2D eigenvalue weighted by Crippen LogP contribution is -2.28. The van der Waals surface area contributed by atoms with Crippen LogP contribution in [0.15, 0.2) is 29.2 Å². The van der Waals surface area contributed by atoms with Crippen molar-refractivity contribution in [2.24, 2.45) is 0 Å². The number of nitrogens with zero attached hydrogens (tertiary/aromatic N) is 2. The van der Waals surface area contributed by atoms with E-state index in [1.807, 2.05) is 6.07 Å². The number of alkyl halides is 1. The number of hydrogen-bond acceptors (Lipinski definition) is 3. The van der Waals surface area contributed by atoms with E-state index in [0.29, 0.717) is 13.0 Å². The number of hydrogen-bond donors (Lipinski definition) is 0. The van der Waals surface area contributed by atoms with Crippen molar-refractivity contribution in [3.05, 3.63) is 29.8 Å². The summed E-state index contributed by atoms with van der Waals surface area (Å²) in [6, 6.07) is 8.47. The molecule has 18 heavy (non-hydrogen) atoms. The van der Waals surface area contributed by atoms with E-state index in [1.165, 1.54) is 4.31 Å². The lowest BCUT2D eigenvalue weighted by molar-refractivity contribution is 0.470. The zero-order chi connectivity index (χ0) is 13.6. The molecule has 0 N–H and O–H groups in total. The van der Waals surface area contributed by atoms with Gasteiger partial charge in [0.25, 0.3) is 0 Å². The Bertz CT molecular complexity index is 520. The van der Waals surface area contributed by atoms with Gasteiger partial charge >= 0.3 is 0 Å². The number of halogens is 1. The van der Waals surface area contributed by atoms with Gasteiger partial charge in [0.2, 0.25) is 10.0 Å². The van der Waals surface area contributed by atoms with Crippen LogP contribution in [0.1, 0.15) is 12.0 Å². The fourth-order valence-corrected chi connectivity index (χ4v) is 2.91. The van der Waals surface area contributed by atoms with E-state index < -0.39 is 10.0 Å². The summed E-state index contributed by atoms with van der Waals surface area (Å²) in [6.45, 7) is 0.480. The SMILES string of the molecule is CN(CCCBr)S(=O)(=O)c1ccc(CC#N)cc1. The number of nitriles is 1. The molecule has 4 nitrogen and oxygen atoms in total. The second-order valence-electron chi connectivity index (χ2n) is 3.85. The van der Waals surface area contributed by atoms with Gasteiger partial charge in [0.05, 0.1) is 17.4 Å². The van der Waals surface area contributed by atoms with Crippen LogP contribution in [-0.2, 0) is 16.4 Å². The quantitative estimate of drug-likeness (QED) is 0.751. The Kier molecular flexibility index (Phi) is 5.79. The molecule has 0 spiro atoms. The van der Waals surface area contributed by atoms with Crippen LogP contribution in [0.5, 0.6) is 0 Å². The molecule has 0 saturated heterocycles. The zero-order valence-corrected chi connectivity index (χ0v) is 12.5. The molecule has 0 bridgehead atoms. The van der Waals surface area contributed by atoms with Crippen molar-refractivity contribution < 1.29 is 8.42 Å². The van der Waals surface area contributed by atoms with E-state index in [2.05, 4.69) is 15.9 Å². The molecular weight excluding hydrogens is 316 g/mol. The van der Waals surface area contributed by atoms with E-state index in [9.17, 15) is 8.42 Å². The largest absolute Gasteiger partial charge is 0.242 e. The highest BCUT2D eigenvalue weighted by Crippen LogP contribution is 2.15. The minimum atomic E-state index is -3.41. The summed E-state index contributed by atoms with van der Waals surface area (Å²) >= 11 is 3.28. The predicted molar refractivity (Wildman–Crippen MR) is 74.0 cm³/mol. The second kappa shape index (κ2) is 6.88. The number of rotatable bonds is 6. The summed E-state index contributed by atoms with van der Waals surface area (Å²) in [5.41, 5.74) is 0.819. The average Bonchev–Trinajstić information content (AvgIpc) is 2.37. The first-order valence-electron chi connectivity index (χ1n) is 5.50. The molecule has 0 amide bonds. The molecule has 0 aliphatic rings. The van der Waals surface area contributed by atoms with E-state index in [0.717, 1.165) is 17.3 Å². The van der Waals surface area contributed by atoms with Crippen LogP contribution < -0.4 is 0 Å². The summed E-state index contributed by atoms with van der Waals surface area (Å²) in [5, 5.41) is 9.33. The molecule has 0 saturated carbocycles. The number of benzene rings is 1. The van der Waals surface area contributed by atoms with Crippen molar-refractivity contribution >= 4 is 26.0 Å². The van der Waals surface area contributed by atoms with Crippen LogP contribution in [0.25, 0.3) is 0 Å². The third kappa shape index (κ3) is 3.80. The summed E-state index contributed by atoms with van der Waals surface area (Å²) in [6.07, 6.45) is 1.06. The van der Waals surface area contributed by atoms with Crippen LogP contribution in [0.2, 0.25) is 0 Å². The highest BCUT2D eigenvalue weighted by Gasteiger charge is 2.19. The molecule has 1 rings (SSSR count). The molecule has 0 unspecified atom stereocenters. The van der Waals surface area contributed by atoms with Crippen LogP contribution in [0, 0.1) is 11.3 Å². The first-order valence-corrected chi connectivity index (χ1v) is 8.06. The van der Waals surface area contributed by atoms with Crippen LogP contribution in [0.4, 0.5) is 0 Å². The lowest BCUT2D eigenvalue weighted by Gasteiger charge is -2.16. The highest BCUT2D eigenvalue weighted by molar-refractivity contribution is 9.09. The molecule has 0 atom stereocenters. The van der Waals surface area contributed by atoms with Gasteiger partial charge in [-0.25, -0.2) is 12.7 Å². The third-order valence-electron chi connectivity index (χ3n) is 2.52. The van der Waals surface area contributed by atoms with Crippen LogP contribution in [-0.4, -0.2) is 31.6 Å². The zero-order valence-electron chi connectivity index (χ0n) is 10.1. The Labute approximate surface area is 116 Å². The third-order valence-corrected chi connectivity index (χ3v) is 4.95. The van der Waals surface area contributed by atoms with Crippen molar-refractivity contribution in [1.29, 1.82) is 5.26 Å². The molecule has 0 aromatic heterocycles. The summed E-state index contributed by atoms with van der Waals surface area (Å²) in [4.78, 5) is 0.265. The van der Waals surface area contributed by atoms with Crippen molar-refractivity contribution in [3.8, 4) is 6.07 Å². The molecule has 0 fully saturated rings. The smallest absolute Gasteiger partial charge is 0.207 e. The maximum absolute atomic E-state index is 12.2. The van der Waals surface area contributed by atoms with Gasteiger partial charge in [-0.05, 0) is 24.1 Å². The molecule has 0 aliphatic carbocycles. The van der Waals surface area contributed by atoms with Gasteiger partial charge in [0, 0.05) is 18.9 Å². The van der Waals surface area contributed by atoms with Gasteiger partial charge in [-0.2, -0.15) is 5.26 Å². The number of sulfonamides is 1.